The Morgan fingerprint density at radius 1 is 1.39 bits per heavy atom. The smallest absolute Gasteiger partial charge is 0.242 e. The number of nitrogens with two attached hydrogens (primary N) is 1. The zero-order chi connectivity index (χ0) is 13.0. The fourth-order valence-electron chi connectivity index (χ4n) is 1.72. The SMILES string of the molecule is Cc1cccc(CNC(=O)C(N)c2cccs2)c1. The van der Waals surface area contributed by atoms with Crippen LogP contribution < -0.4 is 11.1 Å². The molecule has 1 amide bonds. The number of carbonyl (C=O) groups excluding carboxylic acids is 1. The maximum atomic E-state index is 11.9. The summed E-state index contributed by atoms with van der Waals surface area (Å²) in [6.07, 6.45) is 0. The Labute approximate surface area is 111 Å². The van der Waals surface area contributed by atoms with Gasteiger partial charge in [0.25, 0.3) is 0 Å². The molecule has 0 aliphatic heterocycles. The van der Waals surface area contributed by atoms with Crippen molar-refractivity contribution in [3.63, 3.8) is 0 Å². The van der Waals surface area contributed by atoms with Crippen LogP contribution in [0.4, 0.5) is 0 Å². The number of rotatable bonds is 4. The summed E-state index contributed by atoms with van der Waals surface area (Å²) in [4.78, 5) is 12.8. The standard InChI is InChI=1S/C14H16N2OS/c1-10-4-2-5-11(8-10)9-16-14(17)13(15)12-6-3-7-18-12/h2-8,13H,9,15H2,1H3,(H,16,17). The lowest BCUT2D eigenvalue weighted by Crippen LogP contribution is -2.33. The minimum absolute atomic E-state index is 0.140. The molecule has 4 heteroatoms. The number of aryl methyl sites for hydroxylation is 1. The molecule has 0 bridgehead atoms. The monoisotopic (exact) mass is 260 g/mol. The molecule has 18 heavy (non-hydrogen) atoms. The summed E-state index contributed by atoms with van der Waals surface area (Å²) in [6, 6.07) is 11.3. The molecule has 0 aliphatic carbocycles. The van der Waals surface area contributed by atoms with Gasteiger partial charge in [-0.2, -0.15) is 0 Å². The zero-order valence-electron chi connectivity index (χ0n) is 10.2. The highest BCUT2D eigenvalue weighted by molar-refractivity contribution is 7.10. The molecule has 2 aromatic rings. The van der Waals surface area contributed by atoms with Crippen LogP contribution in [-0.2, 0) is 11.3 Å². The molecule has 1 unspecified atom stereocenters. The highest BCUT2D eigenvalue weighted by Gasteiger charge is 2.15. The van der Waals surface area contributed by atoms with E-state index in [4.69, 9.17) is 5.73 Å². The molecule has 3 N–H and O–H groups in total. The minimum atomic E-state index is -0.574. The van der Waals surface area contributed by atoms with Crippen molar-refractivity contribution in [1.29, 1.82) is 0 Å². The van der Waals surface area contributed by atoms with Gasteiger partial charge < -0.3 is 11.1 Å². The van der Waals surface area contributed by atoms with Gasteiger partial charge in [-0.05, 0) is 23.9 Å². The maximum Gasteiger partial charge on any atom is 0.242 e. The molecule has 1 heterocycles. The topological polar surface area (TPSA) is 55.1 Å². The average Bonchev–Trinajstić information content (AvgIpc) is 2.89. The molecule has 0 spiro atoms. The van der Waals surface area contributed by atoms with Gasteiger partial charge in [-0.1, -0.05) is 35.9 Å². The molecule has 94 valence electrons. The first-order chi connectivity index (χ1) is 8.66. The third-order valence-corrected chi connectivity index (χ3v) is 3.64. The van der Waals surface area contributed by atoms with Crippen LogP contribution in [0.15, 0.2) is 41.8 Å². The summed E-state index contributed by atoms with van der Waals surface area (Å²) in [5, 5.41) is 4.78. The number of hydrogen-bond acceptors (Lipinski definition) is 3. The Kier molecular flexibility index (Phi) is 4.12. The lowest BCUT2D eigenvalue weighted by atomic mass is 10.1. The number of nitrogens with one attached hydrogen (secondary N) is 1. The molecule has 0 saturated carbocycles. The van der Waals surface area contributed by atoms with E-state index in [0.717, 1.165) is 10.4 Å². The Bertz CT molecular complexity index is 522. The predicted octanol–water partition coefficient (Wildman–Crippen LogP) is 2.37. The van der Waals surface area contributed by atoms with E-state index in [9.17, 15) is 4.79 Å². The summed E-state index contributed by atoms with van der Waals surface area (Å²) in [5.74, 6) is -0.140. The van der Waals surface area contributed by atoms with E-state index in [0.29, 0.717) is 6.54 Å². The lowest BCUT2D eigenvalue weighted by Gasteiger charge is -2.11. The van der Waals surface area contributed by atoms with Gasteiger partial charge in [-0.3, -0.25) is 4.79 Å². The van der Waals surface area contributed by atoms with Crippen molar-refractivity contribution in [2.45, 2.75) is 19.5 Å². The van der Waals surface area contributed by atoms with Gasteiger partial charge in [0.1, 0.15) is 6.04 Å². The van der Waals surface area contributed by atoms with Crippen molar-refractivity contribution in [1.82, 2.24) is 5.32 Å². The van der Waals surface area contributed by atoms with Crippen LogP contribution in [0.2, 0.25) is 0 Å². The third kappa shape index (κ3) is 3.18. The Balaban J connectivity index is 1.92. The summed E-state index contributed by atoms with van der Waals surface area (Å²) < 4.78 is 0. The predicted molar refractivity (Wildman–Crippen MR) is 74.3 cm³/mol. The van der Waals surface area contributed by atoms with E-state index >= 15 is 0 Å². The summed E-state index contributed by atoms with van der Waals surface area (Å²) in [5.41, 5.74) is 8.14. The van der Waals surface area contributed by atoms with Crippen molar-refractivity contribution in [3.8, 4) is 0 Å². The van der Waals surface area contributed by atoms with Crippen LogP contribution >= 0.6 is 11.3 Å². The largest absolute Gasteiger partial charge is 0.350 e. The zero-order valence-corrected chi connectivity index (χ0v) is 11.0. The first-order valence-electron chi connectivity index (χ1n) is 5.79. The maximum absolute atomic E-state index is 11.9. The van der Waals surface area contributed by atoms with Crippen LogP contribution in [0.1, 0.15) is 22.0 Å². The molecule has 1 atom stereocenters. The van der Waals surface area contributed by atoms with E-state index in [2.05, 4.69) is 11.4 Å². The van der Waals surface area contributed by atoms with E-state index in [1.54, 1.807) is 0 Å². The Hall–Kier alpha value is -1.65. The van der Waals surface area contributed by atoms with E-state index in [-0.39, 0.29) is 5.91 Å². The fourth-order valence-corrected chi connectivity index (χ4v) is 2.44. The van der Waals surface area contributed by atoms with Crippen molar-refractivity contribution in [3.05, 3.63) is 57.8 Å². The lowest BCUT2D eigenvalue weighted by molar-refractivity contribution is -0.122. The molecular weight excluding hydrogens is 244 g/mol. The first-order valence-corrected chi connectivity index (χ1v) is 6.67. The van der Waals surface area contributed by atoms with Crippen molar-refractivity contribution >= 4 is 17.2 Å². The average molecular weight is 260 g/mol. The second-order valence-corrected chi connectivity index (χ2v) is 5.18. The first kappa shape index (κ1) is 12.8. The van der Waals surface area contributed by atoms with Gasteiger partial charge in [0.05, 0.1) is 0 Å². The van der Waals surface area contributed by atoms with E-state index in [1.165, 1.54) is 16.9 Å². The van der Waals surface area contributed by atoms with Gasteiger partial charge in [0, 0.05) is 11.4 Å². The van der Waals surface area contributed by atoms with Gasteiger partial charge >= 0.3 is 0 Å². The highest BCUT2D eigenvalue weighted by Crippen LogP contribution is 2.16. The molecule has 0 radical (unpaired) electrons. The van der Waals surface area contributed by atoms with Gasteiger partial charge in [-0.25, -0.2) is 0 Å². The second-order valence-electron chi connectivity index (χ2n) is 4.20. The molecule has 2 rings (SSSR count). The van der Waals surface area contributed by atoms with E-state index in [1.807, 2.05) is 42.6 Å². The third-order valence-electron chi connectivity index (χ3n) is 2.68. The van der Waals surface area contributed by atoms with Crippen molar-refractivity contribution < 1.29 is 4.79 Å². The molecule has 0 aliphatic rings. The molecular formula is C14H16N2OS. The minimum Gasteiger partial charge on any atom is -0.350 e. The number of thiophene rings is 1. The molecule has 1 aromatic carbocycles. The highest BCUT2D eigenvalue weighted by atomic mass is 32.1. The molecule has 3 nitrogen and oxygen atoms in total. The summed E-state index contributed by atoms with van der Waals surface area (Å²) in [6.45, 7) is 2.54. The Morgan fingerprint density at radius 2 is 2.22 bits per heavy atom. The summed E-state index contributed by atoms with van der Waals surface area (Å²) in [7, 11) is 0. The fraction of sp³-hybridized carbons (Fsp3) is 0.214. The van der Waals surface area contributed by atoms with Gasteiger partial charge in [0.15, 0.2) is 0 Å². The van der Waals surface area contributed by atoms with Crippen LogP contribution in [-0.4, -0.2) is 5.91 Å². The van der Waals surface area contributed by atoms with Crippen molar-refractivity contribution in [2.75, 3.05) is 0 Å². The normalized spacial score (nSPS) is 12.1. The van der Waals surface area contributed by atoms with Crippen LogP contribution in [0, 0.1) is 6.92 Å². The quantitative estimate of drug-likeness (QED) is 0.886. The van der Waals surface area contributed by atoms with Crippen LogP contribution in [0.3, 0.4) is 0 Å². The van der Waals surface area contributed by atoms with Crippen LogP contribution in [0.5, 0.6) is 0 Å². The number of benzene rings is 1. The number of hydrogen-bond donors (Lipinski definition) is 2. The molecule has 0 fully saturated rings. The van der Waals surface area contributed by atoms with Gasteiger partial charge in [-0.15, -0.1) is 11.3 Å². The molecule has 0 saturated heterocycles. The van der Waals surface area contributed by atoms with Gasteiger partial charge in [0.2, 0.25) is 5.91 Å². The number of amides is 1. The second kappa shape index (κ2) is 5.80. The Morgan fingerprint density at radius 3 is 2.89 bits per heavy atom. The summed E-state index contributed by atoms with van der Waals surface area (Å²) >= 11 is 1.50. The van der Waals surface area contributed by atoms with Crippen molar-refractivity contribution in [2.24, 2.45) is 5.73 Å². The molecule has 1 aromatic heterocycles. The van der Waals surface area contributed by atoms with E-state index < -0.39 is 6.04 Å². The van der Waals surface area contributed by atoms with Crippen LogP contribution in [0.25, 0.3) is 0 Å². The number of carbonyl (C=O) groups is 1.